The molecule has 4 aromatic carbocycles. The summed E-state index contributed by atoms with van der Waals surface area (Å²) in [6.07, 6.45) is 0. The van der Waals surface area contributed by atoms with E-state index in [0.29, 0.717) is 17.2 Å². The molecule has 0 heterocycles. The second-order valence-corrected chi connectivity index (χ2v) is 8.69. The van der Waals surface area contributed by atoms with Crippen LogP contribution in [0, 0.1) is 20.2 Å². The number of amides is 1. The number of carbonyl (C=O) groups excluding carboxylic acids is 1. The zero-order valence-electron chi connectivity index (χ0n) is 21.8. The van der Waals surface area contributed by atoms with Gasteiger partial charge in [-0.3, -0.25) is 35.3 Å². The van der Waals surface area contributed by atoms with Gasteiger partial charge in [0.2, 0.25) is 0 Å². The molecule has 0 saturated carbocycles. The third-order valence-corrected chi connectivity index (χ3v) is 5.84. The molecule has 0 radical (unpaired) electrons. The minimum Gasteiger partial charge on any atom is -0.478 e. The molecule has 0 atom stereocenters. The van der Waals surface area contributed by atoms with Crippen molar-refractivity contribution in [1.82, 2.24) is 0 Å². The topological polar surface area (TPSA) is 220 Å². The van der Waals surface area contributed by atoms with E-state index in [0.717, 1.165) is 36.4 Å². The molecule has 15 heteroatoms. The Hall–Kier alpha value is -6.35. The summed E-state index contributed by atoms with van der Waals surface area (Å²) in [6.45, 7) is -0.261. The molecule has 0 unspecified atom stereocenters. The van der Waals surface area contributed by atoms with Gasteiger partial charge in [0.1, 0.15) is 18.1 Å². The van der Waals surface area contributed by atoms with E-state index in [2.05, 4.69) is 10.8 Å². The first-order valence-corrected chi connectivity index (χ1v) is 12.1. The van der Waals surface area contributed by atoms with Crippen molar-refractivity contribution in [3.05, 3.63) is 127 Å². The lowest BCUT2D eigenvalue weighted by molar-refractivity contribution is -0.385. The van der Waals surface area contributed by atoms with Crippen molar-refractivity contribution in [3.8, 4) is 11.5 Å². The molecule has 218 valence electrons. The highest BCUT2D eigenvalue weighted by Crippen LogP contribution is 2.26. The van der Waals surface area contributed by atoms with E-state index >= 15 is 0 Å². The van der Waals surface area contributed by atoms with E-state index < -0.39 is 33.4 Å². The van der Waals surface area contributed by atoms with Crippen molar-refractivity contribution in [3.63, 3.8) is 0 Å². The summed E-state index contributed by atoms with van der Waals surface area (Å²) >= 11 is 0. The minimum atomic E-state index is -1.41. The molecule has 43 heavy (non-hydrogen) atoms. The van der Waals surface area contributed by atoms with Crippen molar-refractivity contribution in [2.75, 3.05) is 10.8 Å². The van der Waals surface area contributed by atoms with Gasteiger partial charge in [-0.2, -0.15) is 0 Å². The Bertz CT molecular complexity index is 1720. The predicted octanol–water partition coefficient (Wildman–Crippen LogP) is 5.49. The molecule has 0 fully saturated rings. The van der Waals surface area contributed by atoms with E-state index in [9.17, 15) is 44.8 Å². The molecule has 0 bridgehead atoms. The molecule has 4 N–H and O–H groups in total. The van der Waals surface area contributed by atoms with Gasteiger partial charge in [-0.05, 0) is 60.7 Å². The highest BCUT2D eigenvalue weighted by molar-refractivity contribution is 6.11. The maximum atomic E-state index is 12.7. The fourth-order valence-electron chi connectivity index (χ4n) is 3.77. The number of rotatable bonds is 12. The number of nitrogens with zero attached hydrogens (tertiary/aromatic N) is 2. The minimum absolute atomic E-state index is 0.112. The molecule has 0 aliphatic heterocycles. The van der Waals surface area contributed by atoms with E-state index in [4.69, 9.17) is 9.57 Å². The van der Waals surface area contributed by atoms with Gasteiger partial charge in [0.25, 0.3) is 17.3 Å². The predicted molar refractivity (Wildman–Crippen MR) is 149 cm³/mol. The lowest BCUT2D eigenvalue weighted by atomic mass is 10.1. The van der Waals surface area contributed by atoms with Crippen LogP contribution in [0.3, 0.4) is 0 Å². The van der Waals surface area contributed by atoms with E-state index in [1.165, 1.54) is 24.3 Å². The van der Waals surface area contributed by atoms with Crippen molar-refractivity contribution < 1.29 is 44.0 Å². The number of carbonyl (C=O) groups is 3. The summed E-state index contributed by atoms with van der Waals surface area (Å²) in [6, 6.07) is 18.7. The largest absolute Gasteiger partial charge is 0.478 e. The summed E-state index contributed by atoms with van der Waals surface area (Å²) in [5.74, 6) is -2.68. The van der Waals surface area contributed by atoms with Gasteiger partial charge in [0.15, 0.2) is 0 Å². The summed E-state index contributed by atoms with van der Waals surface area (Å²) in [4.78, 5) is 61.5. The number of nitro groups is 2. The van der Waals surface area contributed by atoms with Crippen LogP contribution in [0.4, 0.5) is 22.7 Å². The van der Waals surface area contributed by atoms with Crippen LogP contribution in [0.5, 0.6) is 11.5 Å². The number of ether oxygens (including phenoxy) is 1. The number of hydrogen-bond donors (Lipinski definition) is 4. The van der Waals surface area contributed by atoms with Gasteiger partial charge in [0, 0.05) is 35.5 Å². The van der Waals surface area contributed by atoms with Crippen LogP contribution in [0.25, 0.3) is 0 Å². The third kappa shape index (κ3) is 7.44. The van der Waals surface area contributed by atoms with Gasteiger partial charge >= 0.3 is 11.9 Å². The molecule has 0 aliphatic rings. The zero-order chi connectivity index (χ0) is 31.1. The van der Waals surface area contributed by atoms with Crippen LogP contribution in [-0.4, -0.2) is 37.9 Å². The zero-order valence-corrected chi connectivity index (χ0v) is 21.8. The summed E-state index contributed by atoms with van der Waals surface area (Å²) in [5.41, 5.74) is 1.92. The van der Waals surface area contributed by atoms with Crippen LogP contribution in [0.2, 0.25) is 0 Å². The highest BCUT2D eigenvalue weighted by atomic mass is 16.6. The Morgan fingerprint density at radius 2 is 1.19 bits per heavy atom. The van der Waals surface area contributed by atoms with Crippen molar-refractivity contribution in [2.24, 2.45) is 0 Å². The van der Waals surface area contributed by atoms with E-state index in [1.807, 2.05) is 0 Å². The molecule has 0 aliphatic carbocycles. The van der Waals surface area contributed by atoms with Gasteiger partial charge in [-0.1, -0.05) is 0 Å². The average Bonchev–Trinajstić information content (AvgIpc) is 2.98. The number of non-ortho nitro benzene ring substituents is 2. The maximum absolute atomic E-state index is 12.7. The van der Waals surface area contributed by atoms with E-state index in [1.54, 1.807) is 24.3 Å². The highest BCUT2D eigenvalue weighted by Gasteiger charge is 2.21. The Balaban J connectivity index is 1.34. The van der Waals surface area contributed by atoms with Crippen LogP contribution in [0.1, 0.15) is 36.6 Å². The third-order valence-electron chi connectivity index (χ3n) is 5.84. The number of benzene rings is 4. The van der Waals surface area contributed by atoms with E-state index in [-0.39, 0.29) is 40.2 Å². The number of aromatic carboxylic acids is 2. The monoisotopic (exact) mass is 588 g/mol. The van der Waals surface area contributed by atoms with Crippen molar-refractivity contribution >= 4 is 40.6 Å². The Morgan fingerprint density at radius 3 is 1.72 bits per heavy atom. The fourth-order valence-corrected chi connectivity index (χ4v) is 3.77. The van der Waals surface area contributed by atoms with Crippen LogP contribution < -0.4 is 15.5 Å². The fraction of sp³-hybridized carbons (Fsp3) is 0.0357. The molecule has 0 spiro atoms. The first-order chi connectivity index (χ1) is 20.5. The molecule has 4 rings (SSSR count). The number of carboxylic acids is 2. The second kappa shape index (κ2) is 12.9. The Morgan fingerprint density at radius 1 is 0.674 bits per heavy atom. The Labute approximate surface area is 241 Å². The average molecular weight is 588 g/mol. The van der Waals surface area contributed by atoms with Crippen LogP contribution >= 0.6 is 0 Å². The van der Waals surface area contributed by atoms with Gasteiger partial charge in [-0.25, -0.2) is 9.59 Å². The summed E-state index contributed by atoms with van der Waals surface area (Å²) < 4.78 is 5.76. The number of anilines is 2. The van der Waals surface area contributed by atoms with Crippen LogP contribution in [0.15, 0.2) is 84.9 Å². The SMILES string of the molecule is O=C(O)c1ccc([N+](=O)[O-])cc1CONc1ccc(Oc2ccc(NC(=O)c3cc([N+](=O)[O-])ccc3C(=O)O)cc2)cc1. The normalized spacial score (nSPS) is 10.4. The molecule has 4 aromatic rings. The smallest absolute Gasteiger partial charge is 0.336 e. The van der Waals surface area contributed by atoms with Gasteiger partial charge in [0.05, 0.1) is 32.2 Å². The lowest BCUT2D eigenvalue weighted by Gasteiger charge is -2.11. The summed E-state index contributed by atoms with van der Waals surface area (Å²) in [5, 5.41) is 43.2. The standard InChI is InChI=1S/C28H20N4O11/c33-26(25-14-20(32(40)41)6-12-24(25)28(36)37)29-17-1-7-21(8-2-17)43-22-9-3-18(4-10-22)30-42-15-16-13-19(31(38)39)5-11-23(16)27(34)35/h1-14,30H,15H2,(H,29,33)(H,34,35)(H,36,37). The lowest BCUT2D eigenvalue weighted by Crippen LogP contribution is -2.16. The van der Waals surface area contributed by atoms with Gasteiger partial charge in [-0.15, -0.1) is 0 Å². The van der Waals surface area contributed by atoms with Crippen molar-refractivity contribution in [1.29, 1.82) is 0 Å². The maximum Gasteiger partial charge on any atom is 0.336 e. The summed E-state index contributed by atoms with van der Waals surface area (Å²) in [7, 11) is 0. The molecule has 0 saturated heterocycles. The first-order valence-electron chi connectivity index (χ1n) is 12.1. The quantitative estimate of drug-likeness (QED) is 0.119. The molecular formula is C28H20N4O11. The van der Waals surface area contributed by atoms with Crippen LogP contribution in [-0.2, 0) is 11.4 Å². The van der Waals surface area contributed by atoms with Crippen molar-refractivity contribution in [2.45, 2.75) is 6.61 Å². The first kappa shape index (κ1) is 29.6. The molecule has 1 amide bonds. The number of nitrogens with one attached hydrogen (secondary N) is 2. The number of hydrogen-bond acceptors (Lipinski definition) is 10. The second-order valence-electron chi connectivity index (χ2n) is 8.69. The van der Waals surface area contributed by atoms with Gasteiger partial charge < -0.3 is 20.3 Å². The number of nitro benzene ring substituents is 2. The number of carboxylic acid groups (broad SMARTS) is 2. The Kier molecular flexibility index (Phi) is 8.87. The molecule has 15 nitrogen and oxygen atoms in total. The molecular weight excluding hydrogens is 568 g/mol. The molecule has 0 aromatic heterocycles.